The van der Waals surface area contributed by atoms with Gasteiger partial charge < -0.3 is 15.4 Å². The van der Waals surface area contributed by atoms with E-state index in [9.17, 15) is 0 Å². The summed E-state index contributed by atoms with van der Waals surface area (Å²) in [6, 6.07) is 6.39. The molecule has 0 fully saturated rings. The first-order chi connectivity index (χ1) is 7.69. The molecule has 3 nitrogen and oxygen atoms in total. The Morgan fingerprint density at radius 1 is 1.31 bits per heavy atom. The van der Waals surface area contributed by atoms with Crippen molar-refractivity contribution >= 4 is 0 Å². The molecule has 1 rings (SSSR count). The Kier molecular flexibility index (Phi) is 5.29. The van der Waals surface area contributed by atoms with Crippen LogP contribution in [0.1, 0.15) is 30.9 Å². The summed E-state index contributed by atoms with van der Waals surface area (Å²) in [7, 11) is 3.64. The van der Waals surface area contributed by atoms with Crippen LogP contribution in [0.15, 0.2) is 18.2 Å². The Hall–Kier alpha value is -1.06. The predicted molar refractivity (Wildman–Crippen MR) is 67.8 cm³/mol. The highest BCUT2D eigenvalue weighted by Gasteiger charge is 2.06. The summed E-state index contributed by atoms with van der Waals surface area (Å²) in [6.07, 6.45) is 0. The first-order valence-electron chi connectivity index (χ1n) is 5.71. The minimum atomic E-state index is 0.550. The Morgan fingerprint density at radius 2 is 2.06 bits per heavy atom. The lowest BCUT2D eigenvalue weighted by atomic mass is 10.0. The number of rotatable bonds is 6. The number of methoxy groups -OCH3 is 1. The molecule has 0 aliphatic heterocycles. The normalized spacial score (nSPS) is 10.8. The van der Waals surface area contributed by atoms with Crippen molar-refractivity contribution in [3.63, 3.8) is 0 Å². The molecule has 0 saturated heterocycles. The fourth-order valence-electron chi connectivity index (χ4n) is 1.62. The smallest absolute Gasteiger partial charge is 0.123 e. The molecule has 0 aromatic heterocycles. The second-order valence-corrected chi connectivity index (χ2v) is 4.18. The topological polar surface area (TPSA) is 33.3 Å². The van der Waals surface area contributed by atoms with Crippen molar-refractivity contribution in [2.75, 3.05) is 20.8 Å². The van der Waals surface area contributed by atoms with Gasteiger partial charge in [-0.3, -0.25) is 0 Å². The van der Waals surface area contributed by atoms with Gasteiger partial charge in [0.25, 0.3) is 0 Å². The molecule has 0 spiro atoms. The highest BCUT2D eigenvalue weighted by Crippen LogP contribution is 2.23. The zero-order valence-corrected chi connectivity index (χ0v) is 10.6. The van der Waals surface area contributed by atoms with Crippen molar-refractivity contribution < 1.29 is 4.74 Å². The fraction of sp³-hybridized carbons (Fsp3) is 0.538. The Morgan fingerprint density at radius 3 is 2.62 bits per heavy atom. The first kappa shape index (κ1) is 13.0. The van der Waals surface area contributed by atoms with Crippen molar-refractivity contribution in [2.45, 2.75) is 26.3 Å². The Balaban J connectivity index is 2.80. The van der Waals surface area contributed by atoms with Gasteiger partial charge in [-0.2, -0.15) is 0 Å². The van der Waals surface area contributed by atoms with Crippen LogP contribution < -0.4 is 15.4 Å². The number of hydrogen-bond acceptors (Lipinski definition) is 3. The molecule has 0 aliphatic rings. The van der Waals surface area contributed by atoms with Gasteiger partial charge in [0.15, 0.2) is 0 Å². The molecule has 0 amide bonds. The minimum Gasteiger partial charge on any atom is -0.496 e. The van der Waals surface area contributed by atoms with Crippen molar-refractivity contribution in [3.05, 3.63) is 29.3 Å². The molecule has 1 aromatic carbocycles. The van der Waals surface area contributed by atoms with E-state index < -0.39 is 0 Å². The number of benzene rings is 1. The number of hydrogen-bond donors (Lipinski definition) is 2. The molecular formula is C13H22N2O. The minimum absolute atomic E-state index is 0.550. The zero-order chi connectivity index (χ0) is 12.0. The molecule has 2 N–H and O–H groups in total. The zero-order valence-electron chi connectivity index (χ0n) is 10.6. The summed E-state index contributed by atoms with van der Waals surface area (Å²) < 4.78 is 5.35. The number of nitrogens with one attached hydrogen (secondary N) is 2. The average molecular weight is 222 g/mol. The van der Waals surface area contributed by atoms with Crippen LogP contribution in [-0.4, -0.2) is 20.8 Å². The van der Waals surface area contributed by atoms with Gasteiger partial charge in [0.1, 0.15) is 5.75 Å². The van der Waals surface area contributed by atoms with Gasteiger partial charge in [-0.1, -0.05) is 26.0 Å². The maximum atomic E-state index is 5.35. The van der Waals surface area contributed by atoms with E-state index in [4.69, 9.17) is 4.74 Å². The van der Waals surface area contributed by atoms with Gasteiger partial charge in [0, 0.05) is 18.8 Å². The van der Waals surface area contributed by atoms with Gasteiger partial charge in [0.2, 0.25) is 0 Å². The molecule has 0 saturated carbocycles. The third-order valence-electron chi connectivity index (χ3n) is 2.59. The summed E-state index contributed by atoms with van der Waals surface area (Å²) in [6.45, 7) is 6.03. The summed E-state index contributed by atoms with van der Waals surface area (Å²) in [5, 5.41) is 6.36. The third kappa shape index (κ3) is 3.51. The van der Waals surface area contributed by atoms with Gasteiger partial charge >= 0.3 is 0 Å². The van der Waals surface area contributed by atoms with E-state index in [0.717, 1.165) is 19.0 Å². The molecule has 3 heteroatoms. The first-order valence-corrected chi connectivity index (χ1v) is 5.71. The van der Waals surface area contributed by atoms with E-state index >= 15 is 0 Å². The third-order valence-corrected chi connectivity index (χ3v) is 2.59. The summed E-state index contributed by atoms with van der Waals surface area (Å²) in [5.41, 5.74) is 2.56. The van der Waals surface area contributed by atoms with Crippen molar-refractivity contribution in [1.82, 2.24) is 10.6 Å². The van der Waals surface area contributed by atoms with Crippen LogP contribution in [0.4, 0.5) is 0 Å². The van der Waals surface area contributed by atoms with Crippen molar-refractivity contribution in [3.8, 4) is 5.75 Å². The van der Waals surface area contributed by atoms with E-state index in [-0.39, 0.29) is 0 Å². The van der Waals surface area contributed by atoms with Crippen LogP contribution in [0.2, 0.25) is 0 Å². The Labute approximate surface area is 98.2 Å². The monoisotopic (exact) mass is 222 g/mol. The van der Waals surface area contributed by atoms with Gasteiger partial charge in [-0.05, 0) is 24.6 Å². The molecule has 0 atom stereocenters. The lowest BCUT2D eigenvalue weighted by Gasteiger charge is -2.13. The van der Waals surface area contributed by atoms with Crippen LogP contribution in [0.25, 0.3) is 0 Å². The van der Waals surface area contributed by atoms with Crippen LogP contribution in [0, 0.1) is 0 Å². The van der Waals surface area contributed by atoms with Crippen molar-refractivity contribution in [1.29, 1.82) is 0 Å². The molecular weight excluding hydrogens is 200 g/mol. The van der Waals surface area contributed by atoms with Crippen LogP contribution in [-0.2, 0) is 6.54 Å². The second kappa shape index (κ2) is 6.51. The molecule has 90 valence electrons. The molecule has 1 aromatic rings. The summed E-state index contributed by atoms with van der Waals surface area (Å²) in [5.74, 6) is 1.50. The van der Waals surface area contributed by atoms with Gasteiger partial charge in [-0.15, -0.1) is 0 Å². The largest absolute Gasteiger partial charge is 0.496 e. The van der Waals surface area contributed by atoms with E-state index in [1.807, 2.05) is 13.1 Å². The van der Waals surface area contributed by atoms with Crippen LogP contribution in [0.5, 0.6) is 5.75 Å². The van der Waals surface area contributed by atoms with E-state index in [1.165, 1.54) is 11.1 Å². The van der Waals surface area contributed by atoms with Crippen LogP contribution >= 0.6 is 0 Å². The highest BCUT2D eigenvalue weighted by molar-refractivity contribution is 5.38. The summed E-state index contributed by atoms with van der Waals surface area (Å²) in [4.78, 5) is 0. The highest BCUT2D eigenvalue weighted by atomic mass is 16.5. The number of ether oxygens (including phenoxy) is 1. The average Bonchev–Trinajstić information content (AvgIpc) is 2.29. The quantitative estimate of drug-likeness (QED) is 0.571. The summed E-state index contributed by atoms with van der Waals surface area (Å²) >= 11 is 0. The maximum Gasteiger partial charge on any atom is 0.123 e. The van der Waals surface area contributed by atoms with Gasteiger partial charge in [0.05, 0.1) is 7.11 Å². The van der Waals surface area contributed by atoms with E-state index in [0.29, 0.717) is 5.92 Å². The van der Waals surface area contributed by atoms with E-state index in [2.05, 4.69) is 36.6 Å². The standard InChI is InChI=1S/C13H22N2O/c1-10(2)11-5-6-13(16-4)12(7-11)8-15-9-14-3/h5-7,10,14-15H,8-9H2,1-4H3. The van der Waals surface area contributed by atoms with E-state index in [1.54, 1.807) is 7.11 Å². The second-order valence-electron chi connectivity index (χ2n) is 4.18. The molecule has 0 unspecified atom stereocenters. The Bertz CT molecular complexity index is 324. The van der Waals surface area contributed by atoms with Gasteiger partial charge in [-0.25, -0.2) is 0 Å². The molecule has 0 radical (unpaired) electrons. The maximum absolute atomic E-state index is 5.35. The lowest BCUT2D eigenvalue weighted by Crippen LogP contribution is -2.25. The molecule has 0 heterocycles. The van der Waals surface area contributed by atoms with Crippen LogP contribution in [0.3, 0.4) is 0 Å². The lowest BCUT2D eigenvalue weighted by molar-refractivity contribution is 0.407. The predicted octanol–water partition coefficient (Wildman–Crippen LogP) is 2.09. The molecule has 0 bridgehead atoms. The molecule has 16 heavy (non-hydrogen) atoms. The molecule has 0 aliphatic carbocycles. The van der Waals surface area contributed by atoms with Crippen molar-refractivity contribution in [2.24, 2.45) is 0 Å². The fourth-order valence-corrected chi connectivity index (χ4v) is 1.62. The SMILES string of the molecule is CNCNCc1cc(C(C)C)ccc1OC.